The molecule has 1 N–H and O–H groups in total. The Morgan fingerprint density at radius 3 is 2.26 bits per heavy atom. The summed E-state index contributed by atoms with van der Waals surface area (Å²) in [7, 11) is 0. The SMILES string of the molecule is CCCNC1CC2CCC(C1)N2C1CCCC(C)C1. The summed E-state index contributed by atoms with van der Waals surface area (Å²) in [4.78, 5) is 2.97. The van der Waals surface area contributed by atoms with Crippen molar-refractivity contribution in [3.05, 3.63) is 0 Å². The first-order valence-corrected chi connectivity index (χ1v) is 8.78. The van der Waals surface area contributed by atoms with Crippen molar-refractivity contribution < 1.29 is 0 Å². The Labute approximate surface area is 119 Å². The molecule has 4 unspecified atom stereocenters. The van der Waals surface area contributed by atoms with Crippen LogP contribution < -0.4 is 5.32 Å². The molecule has 0 aromatic carbocycles. The topological polar surface area (TPSA) is 15.3 Å². The Kier molecular flexibility index (Phi) is 4.48. The fourth-order valence-corrected chi connectivity index (χ4v) is 5.00. The van der Waals surface area contributed by atoms with Gasteiger partial charge in [0.2, 0.25) is 0 Å². The maximum atomic E-state index is 3.78. The van der Waals surface area contributed by atoms with Gasteiger partial charge in [-0.05, 0) is 57.4 Å². The van der Waals surface area contributed by atoms with Gasteiger partial charge in [0, 0.05) is 24.2 Å². The largest absolute Gasteiger partial charge is 0.314 e. The van der Waals surface area contributed by atoms with Crippen LogP contribution in [0, 0.1) is 5.92 Å². The van der Waals surface area contributed by atoms with Crippen molar-refractivity contribution >= 4 is 0 Å². The molecule has 1 saturated carbocycles. The van der Waals surface area contributed by atoms with Crippen LogP contribution in [0.3, 0.4) is 0 Å². The van der Waals surface area contributed by atoms with E-state index >= 15 is 0 Å². The van der Waals surface area contributed by atoms with Gasteiger partial charge in [0.15, 0.2) is 0 Å². The summed E-state index contributed by atoms with van der Waals surface area (Å²) >= 11 is 0. The standard InChI is InChI=1S/C17H32N2/c1-3-9-18-14-11-16-7-8-17(12-14)19(16)15-6-4-5-13(2)10-15/h13-18H,3-12H2,1-2H3. The third kappa shape index (κ3) is 3.00. The van der Waals surface area contributed by atoms with Gasteiger partial charge in [-0.3, -0.25) is 4.90 Å². The van der Waals surface area contributed by atoms with Crippen molar-refractivity contribution in [2.24, 2.45) is 5.92 Å². The zero-order chi connectivity index (χ0) is 13.2. The molecule has 0 aromatic rings. The van der Waals surface area contributed by atoms with Gasteiger partial charge in [-0.1, -0.05) is 26.7 Å². The summed E-state index contributed by atoms with van der Waals surface area (Å²) in [5.41, 5.74) is 0. The van der Waals surface area contributed by atoms with Crippen LogP contribution >= 0.6 is 0 Å². The van der Waals surface area contributed by atoms with E-state index in [1.807, 2.05) is 0 Å². The predicted octanol–water partition coefficient (Wildman–Crippen LogP) is 3.56. The van der Waals surface area contributed by atoms with Crippen molar-refractivity contribution in [3.63, 3.8) is 0 Å². The fraction of sp³-hybridized carbons (Fsp3) is 1.00. The highest BCUT2D eigenvalue weighted by molar-refractivity contribution is 5.00. The maximum absolute atomic E-state index is 3.78. The molecule has 0 radical (unpaired) electrons. The van der Waals surface area contributed by atoms with Crippen LogP contribution in [-0.2, 0) is 0 Å². The molecule has 2 nitrogen and oxygen atoms in total. The van der Waals surface area contributed by atoms with E-state index in [1.54, 1.807) is 0 Å². The first-order valence-electron chi connectivity index (χ1n) is 8.78. The Morgan fingerprint density at radius 1 is 0.947 bits per heavy atom. The molecule has 0 amide bonds. The van der Waals surface area contributed by atoms with E-state index < -0.39 is 0 Å². The minimum Gasteiger partial charge on any atom is -0.314 e. The van der Waals surface area contributed by atoms with Crippen LogP contribution in [0.25, 0.3) is 0 Å². The zero-order valence-electron chi connectivity index (χ0n) is 12.9. The smallest absolute Gasteiger partial charge is 0.0116 e. The summed E-state index contributed by atoms with van der Waals surface area (Å²) in [6.07, 6.45) is 12.9. The summed E-state index contributed by atoms with van der Waals surface area (Å²) in [5, 5.41) is 3.78. The molecule has 0 spiro atoms. The molecular weight excluding hydrogens is 232 g/mol. The van der Waals surface area contributed by atoms with Crippen LogP contribution in [-0.4, -0.2) is 35.6 Å². The average Bonchev–Trinajstić information content (AvgIpc) is 2.68. The molecule has 3 fully saturated rings. The second kappa shape index (κ2) is 6.13. The van der Waals surface area contributed by atoms with E-state index in [0.29, 0.717) is 0 Å². The Bertz CT molecular complexity index is 277. The van der Waals surface area contributed by atoms with Crippen LogP contribution in [0.4, 0.5) is 0 Å². The van der Waals surface area contributed by atoms with Crippen LogP contribution in [0.1, 0.15) is 71.6 Å². The van der Waals surface area contributed by atoms with Gasteiger partial charge in [-0.15, -0.1) is 0 Å². The van der Waals surface area contributed by atoms with Gasteiger partial charge in [-0.25, -0.2) is 0 Å². The lowest BCUT2D eigenvalue weighted by Gasteiger charge is -2.46. The van der Waals surface area contributed by atoms with E-state index in [1.165, 1.54) is 64.3 Å². The lowest BCUT2D eigenvalue weighted by molar-refractivity contribution is 0.0416. The molecule has 110 valence electrons. The summed E-state index contributed by atoms with van der Waals surface area (Å²) < 4.78 is 0. The van der Waals surface area contributed by atoms with Gasteiger partial charge in [-0.2, -0.15) is 0 Å². The van der Waals surface area contributed by atoms with Crippen molar-refractivity contribution in [1.29, 1.82) is 0 Å². The molecule has 2 heteroatoms. The van der Waals surface area contributed by atoms with Gasteiger partial charge in [0.05, 0.1) is 0 Å². The molecule has 4 atom stereocenters. The fourth-order valence-electron chi connectivity index (χ4n) is 5.00. The number of nitrogens with one attached hydrogen (secondary N) is 1. The molecule has 2 saturated heterocycles. The molecule has 2 heterocycles. The van der Waals surface area contributed by atoms with E-state index in [2.05, 4.69) is 24.1 Å². The van der Waals surface area contributed by atoms with Crippen LogP contribution in [0.5, 0.6) is 0 Å². The average molecular weight is 264 g/mol. The van der Waals surface area contributed by atoms with E-state index in [4.69, 9.17) is 0 Å². The molecule has 2 bridgehead atoms. The third-order valence-corrected chi connectivity index (χ3v) is 5.80. The lowest BCUT2D eigenvalue weighted by Crippen LogP contribution is -2.54. The third-order valence-electron chi connectivity index (χ3n) is 5.80. The number of fused-ring (bicyclic) bond motifs is 2. The number of hydrogen-bond donors (Lipinski definition) is 1. The second-order valence-electron chi connectivity index (χ2n) is 7.38. The van der Waals surface area contributed by atoms with Gasteiger partial charge < -0.3 is 5.32 Å². The predicted molar refractivity (Wildman–Crippen MR) is 81.4 cm³/mol. The molecule has 3 rings (SSSR count). The Balaban J connectivity index is 1.59. The highest BCUT2D eigenvalue weighted by Crippen LogP contribution is 2.41. The Morgan fingerprint density at radius 2 is 1.63 bits per heavy atom. The van der Waals surface area contributed by atoms with E-state index in [-0.39, 0.29) is 0 Å². The monoisotopic (exact) mass is 264 g/mol. The second-order valence-corrected chi connectivity index (χ2v) is 7.38. The maximum Gasteiger partial charge on any atom is 0.0116 e. The molecule has 3 aliphatic rings. The van der Waals surface area contributed by atoms with Gasteiger partial charge >= 0.3 is 0 Å². The number of rotatable bonds is 4. The van der Waals surface area contributed by atoms with Crippen molar-refractivity contribution in [2.75, 3.05) is 6.54 Å². The first-order chi connectivity index (χ1) is 9.28. The van der Waals surface area contributed by atoms with Crippen molar-refractivity contribution in [2.45, 2.75) is 95.8 Å². The minimum absolute atomic E-state index is 0.815. The molecule has 1 aliphatic carbocycles. The number of hydrogen-bond acceptors (Lipinski definition) is 2. The summed E-state index contributed by atoms with van der Waals surface area (Å²) in [5.74, 6) is 0.967. The number of nitrogens with zero attached hydrogens (tertiary/aromatic N) is 1. The molecule has 0 aromatic heterocycles. The lowest BCUT2D eigenvalue weighted by atomic mass is 9.83. The van der Waals surface area contributed by atoms with Gasteiger partial charge in [0.25, 0.3) is 0 Å². The zero-order valence-corrected chi connectivity index (χ0v) is 12.9. The van der Waals surface area contributed by atoms with Crippen molar-refractivity contribution in [3.8, 4) is 0 Å². The summed E-state index contributed by atoms with van der Waals surface area (Å²) in [6, 6.07) is 3.55. The first kappa shape index (κ1) is 13.9. The van der Waals surface area contributed by atoms with E-state index in [0.717, 1.165) is 30.1 Å². The number of piperidine rings is 1. The molecule has 19 heavy (non-hydrogen) atoms. The van der Waals surface area contributed by atoms with Crippen molar-refractivity contribution in [1.82, 2.24) is 10.2 Å². The Hall–Kier alpha value is -0.0800. The van der Waals surface area contributed by atoms with E-state index in [9.17, 15) is 0 Å². The molecule has 2 aliphatic heterocycles. The molecular formula is C17H32N2. The van der Waals surface area contributed by atoms with Crippen LogP contribution in [0.15, 0.2) is 0 Å². The van der Waals surface area contributed by atoms with Crippen LogP contribution in [0.2, 0.25) is 0 Å². The highest BCUT2D eigenvalue weighted by atomic mass is 15.3. The minimum atomic E-state index is 0.815. The summed E-state index contributed by atoms with van der Waals surface area (Å²) in [6.45, 7) is 5.95. The van der Waals surface area contributed by atoms with Gasteiger partial charge in [0.1, 0.15) is 0 Å². The highest BCUT2D eigenvalue weighted by Gasteiger charge is 2.44. The normalized spacial score (nSPS) is 43.6. The quantitative estimate of drug-likeness (QED) is 0.835.